The Morgan fingerprint density at radius 3 is 2.41 bits per heavy atom. The van der Waals surface area contributed by atoms with E-state index in [0.29, 0.717) is 6.42 Å². The average Bonchev–Trinajstić information content (AvgIpc) is 2.53. The summed E-state index contributed by atoms with van der Waals surface area (Å²) in [4.78, 5) is 10.7. The lowest BCUT2D eigenvalue weighted by atomic mass is 9.98. The van der Waals surface area contributed by atoms with Crippen molar-refractivity contribution in [2.24, 2.45) is 5.92 Å². The van der Waals surface area contributed by atoms with Gasteiger partial charge in [0.2, 0.25) is 0 Å². The van der Waals surface area contributed by atoms with Crippen molar-refractivity contribution in [2.45, 2.75) is 45.1 Å². The minimum Gasteiger partial charge on any atom is -0.481 e. The number of fused-ring (bicyclic) bond motifs is 1. The first-order valence-electron chi connectivity index (χ1n) is 7.97. The molecule has 2 rings (SSSR count). The summed E-state index contributed by atoms with van der Waals surface area (Å²) in [5.74, 6) is -0.999. The molecule has 0 spiro atoms. The molecule has 0 saturated heterocycles. The monoisotopic (exact) mass is 300 g/mol. The summed E-state index contributed by atoms with van der Waals surface area (Å²) in [6.07, 6.45) is 3.77. The summed E-state index contributed by atoms with van der Waals surface area (Å²) in [6.45, 7) is 1.74. The van der Waals surface area contributed by atoms with E-state index >= 15 is 0 Å². The molecule has 0 aliphatic heterocycles. The minimum absolute atomic E-state index is 0.273. The first-order chi connectivity index (χ1) is 10.6. The van der Waals surface area contributed by atoms with Crippen molar-refractivity contribution < 1.29 is 15.0 Å². The molecule has 2 aromatic rings. The number of hydrogen-bond acceptors (Lipinski definition) is 2. The van der Waals surface area contributed by atoms with Gasteiger partial charge in [-0.1, -0.05) is 62.6 Å². The molecule has 3 heteroatoms. The van der Waals surface area contributed by atoms with Crippen molar-refractivity contribution in [2.75, 3.05) is 0 Å². The van der Waals surface area contributed by atoms with Gasteiger partial charge in [0.25, 0.3) is 0 Å². The highest BCUT2D eigenvalue weighted by Gasteiger charge is 2.11. The quantitative estimate of drug-likeness (QED) is 0.703. The van der Waals surface area contributed by atoms with Gasteiger partial charge in [0.1, 0.15) is 0 Å². The normalized spacial score (nSPS) is 13.9. The molecule has 0 aliphatic rings. The molecule has 0 bridgehead atoms. The molecule has 0 amide bonds. The fourth-order valence-electron chi connectivity index (χ4n) is 2.67. The van der Waals surface area contributed by atoms with Crippen LogP contribution in [0.5, 0.6) is 0 Å². The lowest BCUT2D eigenvalue weighted by Gasteiger charge is -2.12. The van der Waals surface area contributed by atoms with E-state index in [9.17, 15) is 9.90 Å². The number of unbranched alkanes of at least 4 members (excludes halogenated alkanes) is 2. The number of hydrogen-bond donors (Lipinski definition) is 2. The maximum absolute atomic E-state index is 10.7. The zero-order valence-corrected chi connectivity index (χ0v) is 13.0. The van der Waals surface area contributed by atoms with Gasteiger partial charge in [-0.2, -0.15) is 0 Å². The number of aliphatic hydroxyl groups excluding tert-OH is 1. The van der Waals surface area contributed by atoms with Gasteiger partial charge in [-0.15, -0.1) is 0 Å². The first kappa shape index (κ1) is 16.5. The molecular weight excluding hydrogens is 276 g/mol. The molecule has 2 unspecified atom stereocenters. The van der Waals surface area contributed by atoms with Gasteiger partial charge in [-0.05, 0) is 35.2 Å². The first-order valence-corrected chi connectivity index (χ1v) is 7.97. The Morgan fingerprint density at radius 1 is 1.00 bits per heavy atom. The second-order valence-corrected chi connectivity index (χ2v) is 6.00. The second-order valence-electron chi connectivity index (χ2n) is 6.00. The molecule has 0 saturated carbocycles. The van der Waals surface area contributed by atoms with Crippen LogP contribution in [0.1, 0.15) is 50.7 Å². The average molecular weight is 300 g/mol. The maximum atomic E-state index is 10.7. The third kappa shape index (κ3) is 4.57. The molecule has 118 valence electrons. The summed E-state index contributed by atoms with van der Waals surface area (Å²) in [5.41, 5.74) is 0.956. The number of carbonyl (C=O) groups is 1. The van der Waals surface area contributed by atoms with Crippen LogP contribution < -0.4 is 0 Å². The standard InChI is InChI=1S/C19H24O3/c1-14(19(21)22)7-3-2-4-10-18(20)17-12-11-15-8-5-6-9-16(15)13-17/h5-6,8-9,11-14,18,20H,2-4,7,10H2,1H3,(H,21,22). The van der Waals surface area contributed by atoms with E-state index in [0.717, 1.165) is 36.6 Å². The van der Waals surface area contributed by atoms with E-state index < -0.39 is 12.1 Å². The van der Waals surface area contributed by atoms with Gasteiger partial charge in [-0.3, -0.25) is 4.79 Å². The summed E-state index contributed by atoms with van der Waals surface area (Å²) in [6, 6.07) is 14.2. The van der Waals surface area contributed by atoms with Gasteiger partial charge in [-0.25, -0.2) is 0 Å². The minimum atomic E-state index is -0.726. The maximum Gasteiger partial charge on any atom is 0.306 e. The highest BCUT2D eigenvalue weighted by atomic mass is 16.4. The van der Waals surface area contributed by atoms with Crippen LogP contribution in [0.3, 0.4) is 0 Å². The van der Waals surface area contributed by atoms with Crippen LogP contribution in [-0.2, 0) is 4.79 Å². The number of aliphatic carboxylic acids is 1. The molecule has 0 heterocycles. The summed E-state index contributed by atoms with van der Waals surface area (Å²) in [5, 5.41) is 21.4. The fraction of sp³-hybridized carbons (Fsp3) is 0.421. The summed E-state index contributed by atoms with van der Waals surface area (Å²) < 4.78 is 0. The van der Waals surface area contributed by atoms with E-state index in [1.165, 1.54) is 5.39 Å². The van der Waals surface area contributed by atoms with Crippen molar-refractivity contribution in [1.82, 2.24) is 0 Å². The van der Waals surface area contributed by atoms with Gasteiger partial charge in [0, 0.05) is 0 Å². The fourth-order valence-corrected chi connectivity index (χ4v) is 2.67. The SMILES string of the molecule is CC(CCCCCC(O)c1ccc2ccccc2c1)C(=O)O. The molecule has 0 fully saturated rings. The Balaban J connectivity index is 1.79. The zero-order chi connectivity index (χ0) is 15.9. The Hall–Kier alpha value is -1.87. The van der Waals surface area contributed by atoms with Gasteiger partial charge in [0.15, 0.2) is 0 Å². The molecule has 3 nitrogen and oxygen atoms in total. The van der Waals surface area contributed by atoms with E-state index in [1.54, 1.807) is 6.92 Å². The highest BCUT2D eigenvalue weighted by molar-refractivity contribution is 5.83. The predicted octanol–water partition coefficient (Wildman–Crippen LogP) is 4.54. The van der Waals surface area contributed by atoms with E-state index in [2.05, 4.69) is 12.1 Å². The summed E-state index contributed by atoms with van der Waals surface area (Å²) in [7, 11) is 0. The second kappa shape index (κ2) is 7.95. The van der Waals surface area contributed by atoms with Gasteiger partial charge < -0.3 is 10.2 Å². The largest absolute Gasteiger partial charge is 0.481 e. The molecule has 0 aromatic heterocycles. The van der Waals surface area contributed by atoms with Gasteiger partial charge >= 0.3 is 5.97 Å². The van der Waals surface area contributed by atoms with Crippen LogP contribution >= 0.6 is 0 Å². The van der Waals surface area contributed by atoms with E-state index in [-0.39, 0.29) is 5.92 Å². The number of aliphatic hydroxyl groups is 1. The Bertz CT molecular complexity index is 621. The molecule has 2 aromatic carbocycles. The number of carboxylic acids is 1. The molecule has 22 heavy (non-hydrogen) atoms. The van der Waals surface area contributed by atoms with Crippen LogP contribution in [0.4, 0.5) is 0 Å². The number of benzene rings is 2. The highest BCUT2D eigenvalue weighted by Crippen LogP contribution is 2.24. The van der Waals surface area contributed by atoms with Crippen LogP contribution in [0.2, 0.25) is 0 Å². The molecular formula is C19H24O3. The van der Waals surface area contributed by atoms with Crippen LogP contribution in [0.15, 0.2) is 42.5 Å². The van der Waals surface area contributed by atoms with Crippen molar-refractivity contribution >= 4 is 16.7 Å². The van der Waals surface area contributed by atoms with Crippen LogP contribution in [-0.4, -0.2) is 16.2 Å². The third-order valence-electron chi connectivity index (χ3n) is 4.19. The van der Waals surface area contributed by atoms with E-state index in [4.69, 9.17) is 5.11 Å². The predicted molar refractivity (Wildman–Crippen MR) is 88.8 cm³/mol. The molecule has 0 radical (unpaired) electrons. The van der Waals surface area contributed by atoms with Gasteiger partial charge in [0.05, 0.1) is 12.0 Å². The van der Waals surface area contributed by atoms with Crippen LogP contribution in [0.25, 0.3) is 10.8 Å². The van der Waals surface area contributed by atoms with Crippen molar-refractivity contribution in [1.29, 1.82) is 0 Å². The van der Waals surface area contributed by atoms with Crippen LogP contribution in [0, 0.1) is 5.92 Å². The van der Waals surface area contributed by atoms with Crippen molar-refractivity contribution in [3.63, 3.8) is 0 Å². The molecule has 2 atom stereocenters. The topological polar surface area (TPSA) is 57.5 Å². The Labute approximate surface area is 131 Å². The molecule has 2 N–H and O–H groups in total. The third-order valence-corrected chi connectivity index (χ3v) is 4.19. The molecule has 0 aliphatic carbocycles. The lowest BCUT2D eigenvalue weighted by Crippen LogP contribution is -2.08. The lowest BCUT2D eigenvalue weighted by molar-refractivity contribution is -0.141. The number of rotatable bonds is 8. The Kier molecular flexibility index (Phi) is 5.96. The zero-order valence-electron chi connectivity index (χ0n) is 13.0. The smallest absolute Gasteiger partial charge is 0.306 e. The summed E-state index contributed by atoms with van der Waals surface area (Å²) >= 11 is 0. The van der Waals surface area contributed by atoms with Crippen molar-refractivity contribution in [3.8, 4) is 0 Å². The van der Waals surface area contributed by atoms with E-state index in [1.807, 2.05) is 30.3 Å². The Morgan fingerprint density at radius 2 is 1.68 bits per heavy atom. The van der Waals surface area contributed by atoms with Crippen molar-refractivity contribution in [3.05, 3.63) is 48.0 Å². The number of carboxylic acid groups (broad SMARTS) is 1.